The van der Waals surface area contributed by atoms with Gasteiger partial charge in [-0.1, -0.05) is 0 Å². The van der Waals surface area contributed by atoms with Gasteiger partial charge in [0.2, 0.25) is 5.95 Å². The largest absolute Gasteiger partial charge is 0.381 e. The number of hydrogen-bond donors (Lipinski definition) is 1. The molecule has 0 unspecified atom stereocenters. The van der Waals surface area contributed by atoms with Gasteiger partial charge in [0.25, 0.3) is 5.91 Å². The topological polar surface area (TPSA) is 91.2 Å². The van der Waals surface area contributed by atoms with Gasteiger partial charge in [-0.25, -0.2) is 15.0 Å². The quantitative estimate of drug-likeness (QED) is 0.849. The maximum absolute atomic E-state index is 12.9. The van der Waals surface area contributed by atoms with Gasteiger partial charge in [0.05, 0.1) is 11.8 Å². The first-order valence-electron chi connectivity index (χ1n) is 10.0. The highest BCUT2D eigenvalue weighted by Crippen LogP contribution is 2.26. The number of ether oxygens (including phenoxy) is 2. The van der Waals surface area contributed by atoms with Crippen LogP contribution in [0.2, 0.25) is 0 Å². The Balaban J connectivity index is 1.54. The van der Waals surface area contributed by atoms with Crippen molar-refractivity contribution < 1.29 is 14.3 Å². The highest BCUT2D eigenvalue weighted by Gasteiger charge is 2.25. The minimum Gasteiger partial charge on any atom is -0.381 e. The van der Waals surface area contributed by atoms with E-state index in [2.05, 4.69) is 15.3 Å². The van der Waals surface area contributed by atoms with Crippen molar-refractivity contribution >= 4 is 5.91 Å². The number of nitrogens with zero attached hydrogens (tertiary/aromatic N) is 4. The van der Waals surface area contributed by atoms with Crippen LogP contribution in [-0.2, 0) is 9.47 Å². The molecule has 2 fully saturated rings. The van der Waals surface area contributed by atoms with E-state index in [-0.39, 0.29) is 17.9 Å². The van der Waals surface area contributed by atoms with Gasteiger partial charge in [0.15, 0.2) is 0 Å². The molecule has 1 N–H and O–H groups in total. The number of amides is 1. The van der Waals surface area contributed by atoms with Gasteiger partial charge in [-0.15, -0.1) is 0 Å². The molecule has 1 saturated heterocycles. The van der Waals surface area contributed by atoms with Crippen LogP contribution in [0.15, 0.2) is 24.8 Å². The van der Waals surface area contributed by atoms with Crippen molar-refractivity contribution in [3.05, 3.63) is 36.2 Å². The van der Waals surface area contributed by atoms with Gasteiger partial charge < -0.3 is 14.8 Å². The molecular weight excluding hydrogens is 358 g/mol. The smallest absolute Gasteiger partial charge is 0.270 e. The second-order valence-corrected chi connectivity index (χ2v) is 7.52. The number of imidazole rings is 1. The van der Waals surface area contributed by atoms with Crippen molar-refractivity contribution in [2.45, 2.75) is 56.6 Å². The first-order chi connectivity index (χ1) is 13.7. The highest BCUT2D eigenvalue weighted by molar-refractivity contribution is 5.92. The van der Waals surface area contributed by atoms with E-state index < -0.39 is 0 Å². The minimum absolute atomic E-state index is 0.141. The van der Waals surface area contributed by atoms with Crippen molar-refractivity contribution in [2.75, 3.05) is 20.3 Å². The van der Waals surface area contributed by atoms with E-state index in [4.69, 9.17) is 14.5 Å². The van der Waals surface area contributed by atoms with Gasteiger partial charge in [0.1, 0.15) is 12.0 Å². The molecule has 2 aromatic rings. The minimum atomic E-state index is -0.141. The standard InChI is InChI=1S/C20H27N5O3/c1-27-16-4-2-15(3-5-16)22-19(26)18-12-17(14-6-10-28-11-7-14)23-20(24-18)25-9-8-21-13-25/h8-9,12-16H,2-7,10-11H2,1H3,(H,22,26)/t15-,16-. The summed E-state index contributed by atoms with van der Waals surface area (Å²) in [6.45, 7) is 1.44. The van der Waals surface area contributed by atoms with Gasteiger partial charge in [0, 0.05) is 44.7 Å². The van der Waals surface area contributed by atoms with E-state index in [9.17, 15) is 4.79 Å². The van der Waals surface area contributed by atoms with E-state index >= 15 is 0 Å². The summed E-state index contributed by atoms with van der Waals surface area (Å²) in [6, 6.07) is 2.00. The summed E-state index contributed by atoms with van der Waals surface area (Å²) in [5.74, 6) is 0.621. The Labute approximate surface area is 164 Å². The van der Waals surface area contributed by atoms with Crippen LogP contribution in [-0.4, -0.2) is 57.9 Å². The third-order valence-corrected chi connectivity index (χ3v) is 5.68. The zero-order valence-electron chi connectivity index (χ0n) is 16.2. The molecule has 0 spiro atoms. The molecule has 0 bridgehead atoms. The predicted octanol–water partition coefficient (Wildman–Crippen LogP) is 2.24. The maximum atomic E-state index is 12.9. The zero-order valence-corrected chi connectivity index (χ0v) is 16.2. The Morgan fingerprint density at radius 3 is 2.64 bits per heavy atom. The van der Waals surface area contributed by atoms with Gasteiger partial charge >= 0.3 is 0 Å². The lowest BCUT2D eigenvalue weighted by Crippen LogP contribution is -2.39. The summed E-state index contributed by atoms with van der Waals surface area (Å²) in [5.41, 5.74) is 1.31. The van der Waals surface area contributed by atoms with Crippen LogP contribution in [0.4, 0.5) is 0 Å². The number of rotatable bonds is 5. The zero-order chi connectivity index (χ0) is 19.3. The van der Waals surface area contributed by atoms with Crippen LogP contribution >= 0.6 is 0 Å². The number of aromatic nitrogens is 4. The van der Waals surface area contributed by atoms with Crippen LogP contribution in [0.1, 0.15) is 60.6 Å². The number of carbonyl (C=O) groups excluding carboxylic acids is 1. The van der Waals surface area contributed by atoms with Crippen molar-refractivity contribution in [3.63, 3.8) is 0 Å². The average Bonchev–Trinajstić information content (AvgIpc) is 3.30. The molecule has 8 heteroatoms. The third kappa shape index (κ3) is 4.39. The fourth-order valence-electron chi connectivity index (χ4n) is 3.97. The van der Waals surface area contributed by atoms with Crippen LogP contribution in [0, 0.1) is 0 Å². The van der Waals surface area contributed by atoms with Crippen LogP contribution < -0.4 is 5.32 Å². The Morgan fingerprint density at radius 2 is 1.96 bits per heavy atom. The van der Waals surface area contributed by atoms with Gasteiger partial charge in [-0.05, 0) is 44.6 Å². The SMILES string of the molecule is CO[C@H]1CC[C@H](NC(=O)c2cc(C3CCOCC3)nc(-n3ccnc3)n2)CC1. The Hall–Kier alpha value is -2.32. The van der Waals surface area contributed by atoms with E-state index in [1.54, 1.807) is 30.4 Å². The summed E-state index contributed by atoms with van der Waals surface area (Å²) >= 11 is 0. The van der Waals surface area contributed by atoms with Crippen molar-refractivity contribution in [1.29, 1.82) is 0 Å². The summed E-state index contributed by atoms with van der Waals surface area (Å²) in [5, 5.41) is 3.15. The number of methoxy groups -OCH3 is 1. The normalized spacial score (nSPS) is 23.5. The molecule has 3 heterocycles. The van der Waals surface area contributed by atoms with Crippen LogP contribution in [0.25, 0.3) is 5.95 Å². The molecule has 4 rings (SSSR count). The van der Waals surface area contributed by atoms with Crippen molar-refractivity contribution in [1.82, 2.24) is 24.8 Å². The molecule has 2 aromatic heterocycles. The summed E-state index contributed by atoms with van der Waals surface area (Å²) in [7, 11) is 1.75. The molecule has 1 aliphatic carbocycles. The third-order valence-electron chi connectivity index (χ3n) is 5.68. The van der Waals surface area contributed by atoms with E-state index in [0.717, 1.165) is 57.4 Å². The van der Waals surface area contributed by atoms with Crippen molar-refractivity contribution in [3.8, 4) is 5.95 Å². The lowest BCUT2D eigenvalue weighted by atomic mass is 9.92. The highest BCUT2D eigenvalue weighted by atomic mass is 16.5. The summed E-state index contributed by atoms with van der Waals surface area (Å²) in [4.78, 5) is 26.2. The Morgan fingerprint density at radius 1 is 1.18 bits per heavy atom. The molecule has 1 aliphatic heterocycles. The van der Waals surface area contributed by atoms with E-state index in [1.807, 2.05) is 6.07 Å². The fraction of sp³-hybridized carbons (Fsp3) is 0.600. The van der Waals surface area contributed by atoms with Crippen LogP contribution in [0.5, 0.6) is 0 Å². The molecule has 150 valence electrons. The molecule has 28 heavy (non-hydrogen) atoms. The molecule has 2 aliphatic rings. The molecule has 0 aromatic carbocycles. The summed E-state index contributed by atoms with van der Waals surface area (Å²) < 4.78 is 12.6. The summed E-state index contributed by atoms with van der Waals surface area (Å²) in [6.07, 6.45) is 11.0. The molecular formula is C20H27N5O3. The average molecular weight is 385 g/mol. The first kappa shape index (κ1) is 19.0. The van der Waals surface area contributed by atoms with Gasteiger partial charge in [-0.2, -0.15) is 0 Å². The molecule has 8 nitrogen and oxygen atoms in total. The second kappa shape index (κ2) is 8.79. The predicted molar refractivity (Wildman–Crippen MR) is 102 cm³/mol. The van der Waals surface area contributed by atoms with E-state index in [0.29, 0.717) is 17.7 Å². The Bertz CT molecular complexity index is 781. The van der Waals surface area contributed by atoms with Gasteiger partial charge in [-0.3, -0.25) is 9.36 Å². The Kier molecular flexibility index (Phi) is 5.97. The molecule has 0 radical (unpaired) electrons. The number of hydrogen-bond acceptors (Lipinski definition) is 6. The number of nitrogens with one attached hydrogen (secondary N) is 1. The lowest BCUT2D eigenvalue weighted by molar-refractivity contribution is 0.0598. The number of carbonyl (C=O) groups is 1. The lowest BCUT2D eigenvalue weighted by Gasteiger charge is -2.28. The monoisotopic (exact) mass is 385 g/mol. The molecule has 0 atom stereocenters. The van der Waals surface area contributed by atoms with Crippen molar-refractivity contribution in [2.24, 2.45) is 0 Å². The fourth-order valence-corrected chi connectivity index (χ4v) is 3.97. The van der Waals surface area contributed by atoms with E-state index in [1.165, 1.54) is 0 Å². The maximum Gasteiger partial charge on any atom is 0.270 e. The first-order valence-corrected chi connectivity index (χ1v) is 10.0. The van der Waals surface area contributed by atoms with Crippen LogP contribution in [0.3, 0.4) is 0 Å². The molecule has 1 amide bonds. The molecule has 1 saturated carbocycles. The second-order valence-electron chi connectivity index (χ2n) is 7.52.